The second-order valence-electron chi connectivity index (χ2n) is 9.30. The minimum absolute atomic E-state index is 0.0738. The van der Waals surface area contributed by atoms with Gasteiger partial charge < -0.3 is 19.3 Å². The quantitative estimate of drug-likeness (QED) is 0.625. The van der Waals surface area contributed by atoms with Gasteiger partial charge in [-0.05, 0) is 68.1 Å². The topological polar surface area (TPSA) is 65.0 Å². The van der Waals surface area contributed by atoms with Crippen LogP contribution in [0.1, 0.15) is 57.3 Å². The molecule has 166 valence electrons. The van der Waals surface area contributed by atoms with Crippen LogP contribution in [-0.4, -0.2) is 29.4 Å². The van der Waals surface area contributed by atoms with Gasteiger partial charge in [-0.3, -0.25) is 4.79 Å². The molecule has 0 amide bonds. The molecule has 2 heterocycles. The molecule has 0 spiro atoms. The van der Waals surface area contributed by atoms with Gasteiger partial charge in [0.1, 0.15) is 29.8 Å². The number of hydrogen-bond acceptors (Lipinski definition) is 4. The Bertz CT molecular complexity index is 953. The Kier molecular flexibility index (Phi) is 5.93. The lowest BCUT2D eigenvalue weighted by molar-refractivity contribution is -0.192. The van der Waals surface area contributed by atoms with Crippen molar-refractivity contribution >= 4 is 17.6 Å². The first-order valence-corrected chi connectivity index (χ1v) is 11.1. The molecule has 2 aromatic carbocycles. The third-order valence-electron chi connectivity index (χ3n) is 6.46. The second-order valence-corrected chi connectivity index (χ2v) is 9.74. The van der Waals surface area contributed by atoms with Crippen molar-refractivity contribution in [3.05, 3.63) is 58.6 Å². The summed E-state index contributed by atoms with van der Waals surface area (Å²) in [7, 11) is 0. The van der Waals surface area contributed by atoms with Gasteiger partial charge in [0.05, 0.1) is 12.0 Å². The van der Waals surface area contributed by atoms with E-state index in [1.807, 2.05) is 19.9 Å². The van der Waals surface area contributed by atoms with E-state index in [0.717, 1.165) is 11.3 Å². The fourth-order valence-corrected chi connectivity index (χ4v) is 4.72. The Labute approximate surface area is 188 Å². The summed E-state index contributed by atoms with van der Waals surface area (Å²) < 4.78 is 18.7. The number of aliphatic carboxylic acids is 1. The van der Waals surface area contributed by atoms with Crippen LogP contribution in [0.2, 0.25) is 5.02 Å². The predicted octanol–water partition coefficient (Wildman–Crippen LogP) is 5.86. The smallest absolute Gasteiger partial charge is 0.309 e. The number of carboxylic acid groups (broad SMARTS) is 1. The molecule has 0 unspecified atom stereocenters. The van der Waals surface area contributed by atoms with Gasteiger partial charge in [-0.25, -0.2) is 0 Å². The van der Waals surface area contributed by atoms with E-state index in [2.05, 4.69) is 26.0 Å². The zero-order valence-electron chi connectivity index (χ0n) is 18.3. The summed E-state index contributed by atoms with van der Waals surface area (Å²) in [5.74, 6) is 0.191. The summed E-state index contributed by atoms with van der Waals surface area (Å²) in [5, 5.41) is 10.5. The molecule has 4 rings (SSSR count). The standard InChI is InChI=1S/C25H29ClO5/c1-14(2)15-5-10-21-18(11-15)23-20(25(3,4)31-21)12-19(24(27)28)22(30-23)13-29-17-8-6-16(26)7-9-17/h5-11,14,19-20,22-23H,12-13H2,1-4H3,(H,27,28)/t19-,20-,22-,23+/m0/s1. The van der Waals surface area contributed by atoms with E-state index in [9.17, 15) is 9.90 Å². The summed E-state index contributed by atoms with van der Waals surface area (Å²) in [6.45, 7) is 8.48. The number of carboxylic acids is 1. The Morgan fingerprint density at radius 3 is 2.58 bits per heavy atom. The largest absolute Gasteiger partial charge is 0.491 e. The maximum Gasteiger partial charge on any atom is 0.309 e. The third kappa shape index (κ3) is 4.39. The molecule has 0 radical (unpaired) electrons. The molecule has 0 aliphatic carbocycles. The van der Waals surface area contributed by atoms with Crippen molar-refractivity contribution in [1.29, 1.82) is 0 Å². The van der Waals surface area contributed by atoms with E-state index in [-0.39, 0.29) is 18.6 Å². The van der Waals surface area contributed by atoms with Gasteiger partial charge in [0.2, 0.25) is 0 Å². The van der Waals surface area contributed by atoms with Crippen LogP contribution in [0.5, 0.6) is 11.5 Å². The van der Waals surface area contributed by atoms with Gasteiger partial charge in [-0.2, -0.15) is 0 Å². The van der Waals surface area contributed by atoms with Crippen LogP contribution in [0.25, 0.3) is 0 Å². The van der Waals surface area contributed by atoms with Crippen molar-refractivity contribution in [3.8, 4) is 11.5 Å². The summed E-state index contributed by atoms with van der Waals surface area (Å²) in [4.78, 5) is 12.1. The molecule has 1 saturated heterocycles. The zero-order valence-corrected chi connectivity index (χ0v) is 19.1. The van der Waals surface area contributed by atoms with Gasteiger partial charge >= 0.3 is 5.97 Å². The lowest BCUT2D eigenvalue weighted by Crippen LogP contribution is -2.53. The Morgan fingerprint density at radius 1 is 1.23 bits per heavy atom. The summed E-state index contributed by atoms with van der Waals surface area (Å²) in [6, 6.07) is 13.3. The van der Waals surface area contributed by atoms with Crippen LogP contribution in [0, 0.1) is 11.8 Å². The van der Waals surface area contributed by atoms with Crippen molar-refractivity contribution in [2.75, 3.05) is 6.61 Å². The van der Waals surface area contributed by atoms with E-state index in [4.69, 9.17) is 25.8 Å². The lowest BCUT2D eigenvalue weighted by Gasteiger charge is -2.50. The molecule has 31 heavy (non-hydrogen) atoms. The SMILES string of the molecule is CC(C)c1ccc2c(c1)[C@H]1O[C@@H](COc3ccc(Cl)cc3)[C@@H](C(=O)O)C[C@@H]1C(C)(C)O2. The van der Waals surface area contributed by atoms with Crippen molar-refractivity contribution in [3.63, 3.8) is 0 Å². The van der Waals surface area contributed by atoms with E-state index in [1.165, 1.54) is 5.56 Å². The Morgan fingerprint density at radius 2 is 1.94 bits per heavy atom. The van der Waals surface area contributed by atoms with Crippen molar-refractivity contribution < 1.29 is 24.1 Å². The lowest BCUT2D eigenvalue weighted by atomic mass is 9.71. The highest BCUT2D eigenvalue weighted by molar-refractivity contribution is 6.30. The first-order valence-electron chi connectivity index (χ1n) is 10.7. The number of halogens is 1. The predicted molar refractivity (Wildman–Crippen MR) is 119 cm³/mol. The van der Waals surface area contributed by atoms with Gasteiger partial charge in [0.25, 0.3) is 0 Å². The molecule has 1 fully saturated rings. The minimum atomic E-state index is -0.874. The first kappa shape index (κ1) is 22.0. The Balaban J connectivity index is 1.64. The highest BCUT2D eigenvalue weighted by Crippen LogP contribution is 2.52. The van der Waals surface area contributed by atoms with E-state index in [1.54, 1.807) is 24.3 Å². The Hall–Kier alpha value is -2.24. The molecule has 6 heteroatoms. The number of fused-ring (bicyclic) bond motifs is 3. The van der Waals surface area contributed by atoms with Gasteiger partial charge in [0.15, 0.2) is 0 Å². The number of rotatable bonds is 5. The number of hydrogen-bond donors (Lipinski definition) is 1. The molecule has 0 bridgehead atoms. The molecule has 1 N–H and O–H groups in total. The molecule has 5 nitrogen and oxygen atoms in total. The van der Waals surface area contributed by atoms with Crippen LogP contribution in [0.4, 0.5) is 0 Å². The maximum atomic E-state index is 12.1. The molecule has 4 atom stereocenters. The van der Waals surface area contributed by atoms with Gasteiger partial charge in [-0.1, -0.05) is 31.5 Å². The molecule has 2 aliphatic rings. The number of ether oxygens (including phenoxy) is 3. The van der Waals surface area contributed by atoms with E-state index >= 15 is 0 Å². The maximum absolute atomic E-state index is 12.1. The van der Waals surface area contributed by atoms with Crippen LogP contribution >= 0.6 is 11.6 Å². The zero-order chi connectivity index (χ0) is 22.3. The third-order valence-corrected chi connectivity index (χ3v) is 6.71. The summed E-state index contributed by atoms with van der Waals surface area (Å²) in [6.07, 6.45) is -0.349. The minimum Gasteiger partial charge on any atom is -0.491 e. The molecule has 2 aliphatic heterocycles. The van der Waals surface area contributed by atoms with Crippen molar-refractivity contribution in [2.24, 2.45) is 11.8 Å². The number of carbonyl (C=O) groups is 1. The highest BCUT2D eigenvalue weighted by atomic mass is 35.5. The van der Waals surface area contributed by atoms with Crippen LogP contribution < -0.4 is 9.47 Å². The average molecular weight is 445 g/mol. The molecule has 2 aromatic rings. The molecule has 0 saturated carbocycles. The fourth-order valence-electron chi connectivity index (χ4n) is 4.59. The van der Waals surface area contributed by atoms with Gasteiger partial charge in [-0.15, -0.1) is 0 Å². The van der Waals surface area contributed by atoms with Crippen LogP contribution in [-0.2, 0) is 9.53 Å². The number of benzene rings is 2. The second kappa shape index (κ2) is 8.36. The van der Waals surface area contributed by atoms with Crippen LogP contribution in [0.15, 0.2) is 42.5 Å². The van der Waals surface area contributed by atoms with Crippen LogP contribution in [0.3, 0.4) is 0 Å². The molecule has 0 aromatic heterocycles. The molecular formula is C25H29ClO5. The summed E-state index contributed by atoms with van der Waals surface area (Å²) >= 11 is 5.94. The van der Waals surface area contributed by atoms with Crippen molar-refractivity contribution in [2.45, 2.75) is 57.8 Å². The van der Waals surface area contributed by atoms with E-state index < -0.39 is 23.6 Å². The average Bonchev–Trinajstić information content (AvgIpc) is 2.72. The fraction of sp³-hybridized carbons (Fsp3) is 0.480. The van der Waals surface area contributed by atoms with Crippen molar-refractivity contribution in [1.82, 2.24) is 0 Å². The first-order chi connectivity index (χ1) is 14.7. The van der Waals surface area contributed by atoms with E-state index in [0.29, 0.717) is 23.1 Å². The summed E-state index contributed by atoms with van der Waals surface area (Å²) in [5.41, 5.74) is 1.67. The molecular weight excluding hydrogens is 416 g/mol. The highest BCUT2D eigenvalue weighted by Gasteiger charge is 2.52. The normalized spacial score (nSPS) is 26.5. The monoisotopic (exact) mass is 444 g/mol. The van der Waals surface area contributed by atoms with Gasteiger partial charge in [0, 0.05) is 16.5 Å².